The molecule has 1 aliphatic carbocycles. The maximum absolute atomic E-state index is 13.6. The number of hydrogen-bond acceptors (Lipinski definition) is 3. The average molecular weight is 226 g/mol. The Balaban J connectivity index is 2.50. The molecule has 0 aliphatic heterocycles. The summed E-state index contributed by atoms with van der Waals surface area (Å²) in [6.07, 6.45) is 1.39. The molecule has 0 amide bonds. The van der Waals surface area contributed by atoms with E-state index in [0.717, 1.165) is 0 Å². The Bertz CT molecular complexity index is 399. The Hall–Kier alpha value is -1.13. The first-order chi connectivity index (χ1) is 7.62. The molecular formula is C12H15FO3. The van der Waals surface area contributed by atoms with Crippen LogP contribution >= 0.6 is 0 Å². The molecule has 0 unspecified atom stereocenters. The largest absolute Gasteiger partial charge is 0.496 e. The quantitative estimate of drug-likeness (QED) is 0.853. The fourth-order valence-electron chi connectivity index (χ4n) is 1.87. The van der Waals surface area contributed by atoms with Crippen molar-refractivity contribution in [2.45, 2.75) is 25.0 Å². The number of rotatable bonds is 4. The molecule has 2 rings (SSSR count). The van der Waals surface area contributed by atoms with Gasteiger partial charge in [0.05, 0.1) is 24.9 Å². The van der Waals surface area contributed by atoms with Crippen LogP contribution in [0.1, 0.15) is 24.0 Å². The van der Waals surface area contributed by atoms with Gasteiger partial charge in [-0.15, -0.1) is 0 Å². The van der Waals surface area contributed by atoms with Crippen LogP contribution in [0.5, 0.6) is 5.75 Å². The van der Waals surface area contributed by atoms with E-state index in [-0.39, 0.29) is 12.4 Å². The monoisotopic (exact) mass is 226 g/mol. The van der Waals surface area contributed by atoms with Crippen LogP contribution in [0.15, 0.2) is 12.1 Å². The number of aliphatic hydroxyl groups is 1. The van der Waals surface area contributed by atoms with Gasteiger partial charge in [-0.3, -0.25) is 0 Å². The molecule has 88 valence electrons. The second-order valence-corrected chi connectivity index (χ2v) is 4.07. The molecule has 0 spiro atoms. The lowest BCUT2D eigenvalue weighted by Gasteiger charge is -2.17. The van der Waals surface area contributed by atoms with Gasteiger partial charge in [0, 0.05) is 12.7 Å². The summed E-state index contributed by atoms with van der Waals surface area (Å²) in [5.41, 5.74) is 0.188. The van der Waals surface area contributed by atoms with Gasteiger partial charge >= 0.3 is 0 Å². The highest BCUT2D eigenvalue weighted by atomic mass is 19.1. The first-order valence-corrected chi connectivity index (χ1v) is 5.19. The van der Waals surface area contributed by atoms with E-state index in [1.165, 1.54) is 20.3 Å². The van der Waals surface area contributed by atoms with Crippen molar-refractivity contribution in [2.75, 3.05) is 14.2 Å². The fourth-order valence-corrected chi connectivity index (χ4v) is 1.87. The molecule has 1 saturated carbocycles. The molecule has 1 N–H and O–H groups in total. The Labute approximate surface area is 93.8 Å². The van der Waals surface area contributed by atoms with E-state index in [2.05, 4.69) is 0 Å². The molecule has 1 aromatic rings. The molecular weight excluding hydrogens is 211 g/mol. The summed E-state index contributed by atoms with van der Waals surface area (Å²) < 4.78 is 23.7. The summed E-state index contributed by atoms with van der Waals surface area (Å²) >= 11 is 0. The van der Waals surface area contributed by atoms with Gasteiger partial charge in [-0.25, -0.2) is 4.39 Å². The third-order valence-electron chi connectivity index (χ3n) is 2.92. The van der Waals surface area contributed by atoms with Crippen molar-refractivity contribution in [1.29, 1.82) is 0 Å². The molecule has 1 aliphatic rings. The number of methoxy groups -OCH3 is 2. The van der Waals surface area contributed by atoms with E-state index in [4.69, 9.17) is 9.47 Å². The highest BCUT2D eigenvalue weighted by Crippen LogP contribution is 2.49. The maximum atomic E-state index is 13.6. The van der Waals surface area contributed by atoms with Crippen LogP contribution < -0.4 is 4.74 Å². The van der Waals surface area contributed by atoms with Crippen molar-refractivity contribution in [2.24, 2.45) is 0 Å². The zero-order valence-electron chi connectivity index (χ0n) is 9.42. The summed E-state index contributed by atoms with van der Waals surface area (Å²) in [5.74, 6) is 0.0357. The summed E-state index contributed by atoms with van der Waals surface area (Å²) in [7, 11) is 2.97. The smallest absolute Gasteiger partial charge is 0.133 e. The zero-order valence-corrected chi connectivity index (χ0v) is 9.42. The van der Waals surface area contributed by atoms with Crippen LogP contribution in [0.4, 0.5) is 4.39 Å². The van der Waals surface area contributed by atoms with Crippen molar-refractivity contribution in [1.82, 2.24) is 0 Å². The normalized spacial score (nSPS) is 17.2. The van der Waals surface area contributed by atoms with Crippen molar-refractivity contribution >= 4 is 0 Å². The standard InChI is InChI=1S/C12H15FO3/c1-15-7-8-10(13)4-3-9(11(8)16-2)12(14)5-6-12/h3-4,14H,5-7H2,1-2H3. The second kappa shape index (κ2) is 4.03. The SMILES string of the molecule is COCc1c(F)ccc(C2(O)CC2)c1OC. The van der Waals surface area contributed by atoms with Crippen LogP contribution in [-0.4, -0.2) is 19.3 Å². The molecule has 0 aromatic heterocycles. The minimum Gasteiger partial charge on any atom is -0.496 e. The van der Waals surface area contributed by atoms with Crippen LogP contribution in [0, 0.1) is 5.82 Å². The third-order valence-corrected chi connectivity index (χ3v) is 2.92. The van der Waals surface area contributed by atoms with Gasteiger partial charge < -0.3 is 14.6 Å². The van der Waals surface area contributed by atoms with Gasteiger partial charge in [0.25, 0.3) is 0 Å². The number of hydrogen-bond donors (Lipinski definition) is 1. The lowest BCUT2D eigenvalue weighted by atomic mass is 10.0. The topological polar surface area (TPSA) is 38.7 Å². The molecule has 0 bridgehead atoms. The Morgan fingerprint density at radius 3 is 2.56 bits per heavy atom. The second-order valence-electron chi connectivity index (χ2n) is 4.07. The first-order valence-electron chi connectivity index (χ1n) is 5.19. The molecule has 0 saturated heterocycles. The van der Waals surface area contributed by atoms with E-state index in [0.29, 0.717) is 29.7 Å². The Kier molecular flexibility index (Phi) is 2.86. The van der Waals surface area contributed by atoms with E-state index in [1.807, 2.05) is 0 Å². The molecule has 0 radical (unpaired) electrons. The highest BCUT2D eigenvalue weighted by molar-refractivity contribution is 5.47. The highest BCUT2D eigenvalue weighted by Gasteiger charge is 2.45. The predicted octanol–water partition coefficient (Wildman–Crippen LogP) is 1.96. The molecule has 4 heteroatoms. The number of benzene rings is 1. The van der Waals surface area contributed by atoms with E-state index < -0.39 is 5.60 Å². The van der Waals surface area contributed by atoms with Crippen molar-refractivity contribution in [3.8, 4) is 5.75 Å². The number of ether oxygens (including phenoxy) is 2. The van der Waals surface area contributed by atoms with E-state index in [9.17, 15) is 9.50 Å². The summed E-state index contributed by atoms with van der Waals surface area (Å²) in [4.78, 5) is 0. The maximum Gasteiger partial charge on any atom is 0.133 e. The Morgan fingerprint density at radius 2 is 2.06 bits per heavy atom. The van der Waals surface area contributed by atoms with Crippen LogP contribution in [0.25, 0.3) is 0 Å². The van der Waals surface area contributed by atoms with Gasteiger partial charge in [0.15, 0.2) is 0 Å². The zero-order chi connectivity index (χ0) is 11.8. The van der Waals surface area contributed by atoms with Gasteiger partial charge in [0.2, 0.25) is 0 Å². The Morgan fingerprint density at radius 1 is 1.38 bits per heavy atom. The van der Waals surface area contributed by atoms with Gasteiger partial charge in [-0.2, -0.15) is 0 Å². The molecule has 1 aromatic carbocycles. The van der Waals surface area contributed by atoms with Crippen LogP contribution in [-0.2, 0) is 16.9 Å². The van der Waals surface area contributed by atoms with Crippen molar-refractivity contribution in [3.05, 3.63) is 29.1 Å². The first kappa shape index (κ1) is 11.4. The fraction of sp³-hybridized carbons (Fsp3) is 0.500. The lowest BCUT2D eigenvalue weighted by molar-refractivity contribution is 0.144. The summed E-state index contributed by atoms with van der Waals surface area (Å²) in [6, 6.07) is 2.93. The van der Waals surface area contributed by atoms with Crippen molar-refractivity contribution in [3.63, 3.8) is 0 Å². The van der Waals surface area contributed by atoms with Gasteiger partial charge in [0.1, 0.15) is 11.6 Å². The van der Waals surface area contributed by atoms with E-state index >= 15 is 0 Å². The average Bonchev–Trinajstić information content (AvgIpc) is 3.00. The third kappa shape index (κ3) is 1.79. The molecule has 16 heavy (non-hydrogen) atoms. The molecule has 3 nitrogen and oxygen atoms in total. The van der Waals surface area contributed by atoms with Crippen LogP contribution in [0.2, 0.25) is 0 Å². The minimum atomic E-state index is -0.832. The van der Waals surface area contributed by atoms with Gasteiger partial charge in [-0.05, 0) is 25.0 Å². The number of halogens is 1. The molecule has 1 fully saturated rings. The van der Waals surface area contributed by atoms with Gasteiger partial charge in [-0.1, -0.05) is 0 Å². The lowest BCUT2D eigenvalue weighted by Crippen LogP contribution is -2.10. The minimum absolute atomic E-state index is 0.138. The van der Waals surface area contributed by atoms with Crippen molar-refractivity contribution < 1.29 is 19.0 Å². The molecule has 0 atom stereocenters. The molecule has 0 heterocycles. The summed E-state index contributed by atoms with van der Waals surface area (Å²) in [6.45, 7) is 0.138. The predicted molar refractivity (Wildman–Crippen MR) is 56.8 cm³/mol. The van der Waals surface area contributed by atoms with Crippen LogP contribution in [0.3, 0.4) is 0 Å². The summed E-state index contributed by atoms with van der Waals surface area (Å²) in [5, 5.41) is 10.1. The van der Waals surface area contributed by atoms with E-state index in [1.54, 1.807) is 6.07 Å².